The van der Waals surface area contributed by atoms with Crippen molar-refractivity contribution in [3.05, 3.63) is 0 Å². The van der Waals surface area contributed by atoms with Gasteiger partial charge in [-0.05, 0) is 31.8 Å². The van der Waals surface area contributed by atoms with Crippen LogP contribution in [0.5, 0.6) is 0 Å². The maximum atomic E-state index is 12.4. The van der Waals surface area contributed by atoms with Crippen molar-refractivity contribution >= 4 is 41.4 Å². The van der Waals surface area contributed by atoms with E-state index >= 15 is 0 Å². The number of carboxylic acid groups (broad SMARTS) is 2. The normalized spacial score (nSPS) is 14.8. The van der Waals surface area contributed by atoms with Crippen molar-refractivity contribution in [2.75, 3.05) is 18.6 Å². The minimum Gasteiger partial charge on any atom is -0.481 e. The van der Waals surface area contributed by atoms with Gasteiger partial charge in [0.1, 0.15) is 18.1 Å². The molecule has 0 heterocycles. The Hall–Kier alpha value is -2.38. The number of nitrogens with two attached hydrogens (primary N) is 1. The first-order chi connectivity index (χ1) is 13.5. The van der Waals surface area contributed by atoms with Gasteiger partial charge in [-0.15, -0.1) is 0 Å². The van der Waals surface area contributed by atoms with Gasteiger partial charge in [0.05, 0.1) is 12.6 Å². The Morgan fingerprint density at radius 3 is 2.00 bits per heavy atom. The molecule has 0 bridgehead atoms. The molecule has 4 unspecified atom stereocenters. The molecular formula is C16H28N4O8S. The lowest BCUT2D eigenvalue weighted by Gasteiger charge is -2.23. The predicted molar refractivity (Wildman–Crippen MR) is 104 cm³/mol. The predicted octanol–water partition coefficient (Wildman–Crippen LogP) is -2.52. The average molecular weight is 436 g/mol. The first-order valence-electron chi connectivity index (χ1n) is 8.74. The Morgan fingerprint density at radius 1 is 0.931 bits per heavy atom. The minimum atomic E-state index is -1.54. The van der Waals surface area contributed by atoms with Gasteiger partial charge in [0.15, 0.2) is 0 Å². The summed E-state index contributed by atoms with van der Waals surface area (Å²) in [6.45, 7) is 0.427. The highest BCUT2D eigenvalue weighted by Gasteiger charge is 2.28. The van der Waals surface area contributed by atoms with E-state index in [2.05, 4.69) is 10.6 Å². The summed E-state index contributed by atoms with van der Waals surface area (Å²) >= 11 is 1.49. The number of aliphatic hydroxyl groups is 1. The van der Waals surface area contributed by atoms with Crippen molar-refractivity contribution < 1.29 is 39.3 Å². The fourth-order valence-electron chi connectivity index (χ4n) is 2.05. The largest absolute Gasteiger partial charge is 0.481 e. The second kappa shape index (κ2) is 13.7. The van der Waals surface area contributed by atoms with Gasteiger partial charge in [-0.2, -0.15) is 11.8 Å². The molecule has 29 heavy (non-hydrogen) atoms. The van der Waals surface area contributed by atoms with Crippen molar-refractivity contribution in [1.29, 1.82) is 0 Å². The van der Waals surface area contributed by atoms with Crippen LogP contribution in [-0.2, 0) is 24.0 Å². The van der Waals surface area contributed by atoms with Crippen LogP contribution in [0.25, 0.3) is 0 Å². The lowest BCUT2D eigenvalue weighted by molar-refractivity contribution is -0.143. The number of amides is 3. The summed E-state index contributed by atoms with van der Waals surface area (Å²) in [7, 11) is 0. The van der Waals surface area contributed by atoms with Crippen molar-refractivity contribution in [1.82, 2.24) is 16.0 Å². The van der Waals surface area contributed by atoms with E-state index in [1.54, 1.807) is 0 Å². The maximum Gasteiger partial charge on any atom is 0.328 e. The maximum absolute atomic E-state index is 12.4. The summed E-state index contributed by atoms with van der Waals surface area (Å²) in [5.41, 5.74) is 5.74. The molecular weight excluding hydrogens is 408 g/mol. The zero-order chi connectivity index (χ0) is 22.6. The zero-order valence-electron chi connectivity index (χ0n) is 16.2. The van der Waals surface area contributed by atoms with Gasteiger partial charge in [0.25, 0.3) is 0 Å². The van der Waals surface area contributed by atoms with Gasteiger partial charge in [0, 0.05) is 6.42 Å². The second-order valence-corrected chi connectivity index (χ2v) is 7.18. The molecule has 3 amide bonds. The lowest BCUT2D eigenvalue weighted by Crippen LogP contribution is -2.56. The van der Waals surface area contributed by atoms with Gasteiger partial charge in [-0.25, -0.2) is 4.79 Å². The summed E-state index contributed by atoms with van der Waals surface area (Å²) < 4.78 is 0. The third-order valence-corrected chi connectivity index (χ3v) is 4.44. The van der Waals surface area contributed by atoms with Crippen molar-refractivity contribution in [3.63, 3.8) is 0 Å². The number of thioether (sulfide) groups is 1. The number of hydrogen-bond donors (Lipinski definition) is 7. The van der Waals surface area contributed by atoms with E-state index in [0.717, 1.165) is 0 Å². The molecule has 0 aromatic rings. The van der Waals surface area contributed by atoms with Gasteiger partial charge >= 0.3 is 11.9 Å². The van der Waals surface area contributed by atoms with Gasteiger partial charge in [-0.3, -0.25) is 19.2 Å². The summed E-state index contributed by atoms with van der Waals surface area (Å²) in [6, 6.07) is -4.88. The topological polar surface area (TPSA) is 208 Å². The van der Waals surface area contributed by atoms with Crippen molar-refractivity contribution in [2.24, 2.45) is 5.73 Å². The second-order valence-electron chi connectivity index (χ2n) is 6.19. The SMILES string of the molecule is CSCCC(N)C(=O)NC(CCC(=O)O)C(=O)NC(C)C(=O)NC(CO)C(=O)O. The number of rotatable bonds is 14. The first kappa shape index (κ1) is 26.6. The molecule has 0 aliphatic heterocycles. The zero-order valence-corrected chi connectivity index (χ0v) is 17.0. The first-order valence-corrected chi connectivity index (χ1v) is 10.1. The summed E-state index contributed by atoms with van der Waals surface area (Å²) in [4.78, 5) is 58.2. The Kier molecular flexibility index (Phi) is 12.6. The third kappa shape index (κ3) is 10.7. The van der Waals surface area contributed by atoms with E-state index in [4.69, 9.17) is 21.1 Å². The lowest BCUT2D eigenvalue weighted by atomic mass is 10.1. The Labute approximate surface area is 172 Å². The highest BCUT2D eigenvalue weighted by molar-refractivity contribution is 7.98. The van der Waals surface area contributed by atoms with Crippen molar-refractivity contribution in [3.8, 4) is 0 Å². The molecule has 0 aliphatic rings. The van der Waals surface area contributed by atoms with E-state index in [-0.39, 0.29) is 6.42 Å². The average Bonchev–Trinajstić information content (AvgIpc) is 2.65. The summed E-state index contributed by atoms with van der Waals surface area (Å²) in [6.07, 6.45) is 1.55. The highest BCUT2D eigenvalue weighted by Crippen LogP contribution is 2.03. The Bertz CT molecular complexity index is 603. The van der Waals surface area contributed by atoms with E-state index < -0.39 is 66.9 Å². The number of carbonyl (C=O) groups excluding carboxylic acids is 3. The van der Waals surface area contributed by atoms with Gasteiger partial charge in [0.2, 0.25) is 17.7 Å². The van der Waals surface area contributed by atoms with E-state index in [1.807, 2.05) is 11.6 Å². The smallest absolute Gasteiger partial charge is 0.328 e. The highest BCUT2D eigenvalue weighted by atomic mass is 32.2. The number of carbonyl (C=O) groups is 5. The van der Waals surface area contributed by atoms with Gasteiger partial charge in [-0.1, -0.05) is 0 Å². The molecule has 0 fully saturated rings. The van der Waals surface area contributed by atoms with Crippen molar-refractivity contribution in [2.45, 2.75) is 50.4 Å². The number of carboxylic acids is 2. The molecule has 0 radical (unpaired) electrons. The minimum absolute atomic E-state index is 0.231. The molecule has 0 aromatic carbocycles. The molecule has 0 saturated heterocycles. The molecule has 12 nitrogen and oxygen atoms in total. The van der Waals surface area contributed by atoms with Crippen LogP contribution < -0.4 is 21.7 Å². The van der Waals surface area contributed by atoms with E-state index in [0.29, 0.717) is 12.2 Å². The molecule has 0 saturated carbocycles. The molecule has 8 N–H and O–H groups in total. The third-order valence-electron chi connectivity index (χ3n) is 3.80. The van der Waals surface area contributed by atoms with Crippen LogP contribution in [-0.4, -0.2) is 87.8 Å². The number of hydrogen-bond acceptors (Lipinski definition) is 8. The molecule has 0 aliphatic carbocycles. The standard InChI is InChI=1S/C16H28N4O8S/c1-8(13(24)20-11(7-21)16(27)28)18-15(26)10(3-4-12(22)23)19-14(25)9(17)5-6-29-2/h8-11,21H,3-7,17H2,1-2H3,(H,18,26)(H,19,25)(H,20,24)(H,22,23)(H,27,28). The fraction of sp³-hybridized carbons (Fsp3) is 0.688. The van der Waals surface area contributed by atoms with E-state index in [9.17, 15) is 24.0 Å². The van der Waals surface area contributed by atoms with Crippen LogP contribution in [0.1, 0.15) is 26.2 Å². The fourth-order valence-corrected chi connectivity index (χ4v) is 2.54. The van der Waals surface area contributed by atoms with Crippen LogP contribution in [0.3, 0.4) is 0 Å². The number of nitrogens with one attached hydrogen (secondary N) is 3. The Balaban J connectivity index is 5.01. The molecule has 0 spiro atoms. The van der Waals surface area contributed by atoms with Crippen LogP contribution >= 0.6 is 11.8 Å². The summed E-state index contributed by atoms with van der Waals surface area (Å²) in [5, 5.41) is 33.3. The van der Waals surface area contributed by atoms with Gasteiger partial charge < -0.3 is 37.0 Å². The monoisotopic (exact) mass is 436 g/mol. The molecule has 4 atom stereocenters. The van der Waals surface area contributed by atoms with E-state index in [1.165, 1.54) is 18.7 Å². The van der Waals surface area contributed by atoms with Crippen LogP contribution in [0, 0.1) is 0 Å². The molecule has 0 rings (SSSR count). The molecule has 166 valence electrons. The number of aliphatic carboxylic acids is 2. The van der Waals surface area contributed by atoms with Crippen LogP contribution in [0.2, 0.25) is 0 Å². The summed E-state index contributed by atoms with van der Waals surface area (Å²) in [5.74, 6) is -4.34. The molecule has 0 aromatic heterocycles. The number of aliphatic hydroxyl groups excluding tert-OH is 1. The quantitative estimate of drug-likeness (QED) is 0.152. The van der Waals surface area contributed by atoms with Crippen LogP contribution in [0.15, 0.2) is 0 Å². The van der Waals surface area contributed by atoms with Crippen LogP contribution in [0.4, 0.5) is 0 Å². The Morgan fingerprint density at radius 2 is 1.52 bits per heavy atom. The molecule has 13 heteroatoms.